The average Bonchev–Trinajstić information content (AvgIpc) is 3.02. The third-order valence-corrected chi connectivity index (χ3v) is 3.64. The second kappa shape index (κ2) is 6.47. The molecule has 0 aromatic carbocycles. The molecule has 1 fully saturated rings. The SMILES string of the molecule is c1cnn(CCN[C@H]2CCCN(c3ccncn3)C2)c1. The molecule has 0 amide bonds. The van der Waals surface area contributed by atoms with Crippen LogP contribution >= 0.6 is 0 Å². The lowest BCUT2D eigenvalue weighted by molar-refractivity contribution is 0.407. The summed E-state index contributed by atoms with van der Waals surface area (Å²) < 4.78 is 1.96. The molecule has 1 saturated heterocycles. The second-order valence-electron chi connectivity index (χ2n) is 5.08. The number of nitrogens with zero attached hydrogens (tertiary/aromatic N) is 5. The van der Waals surface area contributed by atoms with E-state index in [-0.39, 0.29) is 0 Å². The van der Waals surface area contributed by atoms with Gasteiger partial charge in [-0.3, -0.25) is 4.68 Å². The topological polar surface area (TPSA) is 58.9 Å². The Hall–Kier alpha value is -1.95. The largest absolute Gasteiger partial charge is 0.355 e. The Labute approximate surface area is 118 Å². The number of rotatable bonds is 5. The normalized spacial score (nSPS) is 19.2. The van der Waals surface area contributed by atoms with Crippen LogP contribution in [0.5, 0.6) is 0 Å². The van der Waals surface area contributed by atoms with Crippen LogP contribution in [0.15, 0.2) is 37.1 Å². The summed E-state index contributed by atoms with van der Waals surface area (Å²) in [4.78, 5) is 10.6. The molecule has 2 aromatic heterocycles. The number of hydrogen-bond acceptors (Lipinski definition) is 5. The molecule has 1 N–H and O–H groups in total. The average molecular weight is 272 g/mol. The van der Waals surface area contributed by atoms with Gasteiger partial charge in [0.25, 0.3) is 0 Å². The first-order chi connectivity index (χ1) is 9.92. The fraction of sp³-hybridized carbons (Fsp3) is 0.500. The van der Waals surface area contributed by atoms with E-state index in [2.05, 4.69) is 25.3 Å². The Balaban J connectivity index is 1.48. The minimum atomic E-state index is 0.522. The number of anilines is 1. The van der Waals surface area contributed by atoms with Gasteiger partial charge < -0.3 is 10.2 Å². The molecule has 1 aliphatic rings. The predicted octanol–water partition coefficient (Wildman–Crippen LogP) is 0.932. The van der Waals surface area contributed by atoms with Crippen LogP contribution in [-0.2, 0) is 6.54 Å². The summed E-state index contributed by atoms with van der Waals surface area (Å²) in [6.45, 7) is 3.95. The van der Waals surface area contributed by atoms with Gasteiger partial charge >= 0.3 is 0 Å². The van der Waals surface area contributed by atoms with Crippen molar-refractivity contribution in [3.8, 4) is 0 Å². The highest BCUT2D eigenvalue weighted by Crippen LogP contribution is 2.16. The van der Waals surface area contributed by atoms with E-state index in [0.717, 1.165) is 32.0 Å². The lowest BCUT2D eigenvalue weighted by Crippen LogP contribution is -2.46. The third kappa shape index (κ3) is 3.33. The molecule has 0 saturated carbocycles. The zero-order chi connectivity index (χ0) is 13.6. The van der Waals surface area contributed by atoms with Gasteiger partial charge in [0.15, 0.2) is 0 Å². The van der Waals surface area contributed by atoms with Crippen LogP contribution in [0.25, 0.3) is 0 Å². The Morgan fingerprint density at radius 3 is 3.15 bits per heavy atom. The van der Waals surface area contributed by atoms with Gasteiger partial charge in [0.2, 0.25) is 0 Å². The smallest absolute Gasteiger partial charge is 0.131 e. The van der Waals surface area contributed by atoms with Gasteiger partial charge in [-0.15, -0.1) is 0 Å². The summed E-state index contributed by atoms with van der Waals surface area (Å²) in [6, 6.07) is 4.46. The number of hydrogen-bond donors (Lipinski definition) is 1. The molecule has 106 valence electrons. The predicted molar refractivity (Wildman–Crippen MR) is 77.5 cm³/mol. The van der Waals surface area contributed by atoms with E-state index >= 15 is 0 Å². The van der Waals surface area contributed by atoms with Crippen LogP contribution in [0.1, 0.15) is 12.8 Å². The number of aromatic nitrogens is 4. The summed E-state index contributed by atoms with van der Waals surface area (Å²) in [5, 5.41) is 7.82. The van der Waals surface area contributed by atoms with Gasteiger partial charge in [-0.05, 0) is 25.0 Å². The lowest BCUT2D eigenvalue weighted by Gasteiger charge is -2.34. The maximum atomic E-state index is 4.33. The van der Waals surface area contributed by atoms with Gasteiger partial charge in [-0.2, -0.15) is 5.10 Å². The molecule has 3 rings (SSSR count). The van der Waals surface area contributed by atoms with Gasteiger partial charge in [-0.25, -0.2) is 9.97 Å². The van der Waals surface area contributed by atoms with Gasteiger partial charge in [0.1, 0.15) is 12.1 Å². The van der Waals surface area contributed by atoms with Crippen molar-refractivity contribution in [2.45, 2.75) is 25.4 Å². The molecule has 3 heterocycles. The molecular weight excluding hydrogens is 252 g/mol. The lowest BCUT2D eigenvalue weighted by atomic mass is 10.1. The van der Waals surface area contributed by atoms with Crippen molar-refractivity contribution >= 4 is 5.82 Å². The van der Waals surface area contributed by atoms with Crippen molar-refractivity contribution in [3.63, 3.8) is 0 Å². The summed E-state index contributed by atoms with van der Waals surface area (Å²) >= 11 is 0. The standard InChI is InChI=1S/C14H20N6/c1-3-13(16-7-10-20-9-2-5-18-20)11-19(8-1)14-4-6-15-12-17-14/h2,4-6,9,12-13,16H,1,3,7-8,10-11H2/t13-/m0/s1. The zero-order valence-electron chi connectivity index (χ0n) is 11.5. The molecule has 6 nitrogen and oxygen atoms in total. The summed E-state index contributed by atoms with van der Waals surface area (Å²) in [6.07, 6.45) is 9.65. The fourth-order valence-electron chi connectivity index (χ4n) is 2.64. The van der Waals surface area contributed by atoms with Crippen molar-refractivity contribution in [1.29, 1.82) is 0 Å². The van der Waals surface area contributed by atoms with E-state index in [1.165, 1.54) is 12.8 Å². The van der Waals surface area contributed by atoms with E-state index in [9.17, 15) is 0 Å². The van der Waals surface area contributed by atoms with Gasteiger partial charge in [-0.1, -0.05) is 0 Å². The van der Waals surface area contributed by atoms with E-state index in [0.29, 0.717) is 6.04 Å². The number of piperidine rings is 1. The summed E-state index contributed by atoms with van der Waals surface area (Å²) in [7, 11) is 0. The molecule has 0 unspecified atom stereocenters. The van der Waals surface area contributed by atoms with Crippen LogP contribution < -0.4 is 10.2 Å². The van der Waals surface area contributed by atoms with Crippen LogP contribution in [0.3, 0.4) is 0 Å². The molecule has 0 aliphatic carbocycles. The minimum Gasteiger partial charge on any atom is -0.355 e. The van der Waals surface area contributed by atoms with E-state index in [1.54, 1.807) is 12.5 Å². The second-order valence-corrected chi connectivity index (χ2v) is 5.08. The zero-order valence-corrected chi connectivity index (χ0v) is 11.5. The van der Waals surface area contributed by atoms with Crippen molar-refractivity contribution < 1.29 is 0 Å². The Kier molecular flexibility index (Phi) is 4.22. The Morgan fingerprint density at radius 1 is 1.35 bits per heavy atom. The van der Waals surface area contributed by atoms with Crippen molar-refractivity contribution in [2.24, 2.45) is 0 Å². The molecule has 6 heteroatoms. The highest BCUT2D eigenvalue weighted by Gasteiger charge is 2.20. The molecule has 20 heavy (non-hydrogen) atoms. The molecule has 1 atom stereocenters. The van der Waals surface area contributed by atoms with Crippen LogP contribution in [0, 0.1) is 0 Å². The van der Waals surface area contributed by atoms with Crippen molar-refractivity contribution in [3.05, 3.63) is 37.1 Å². The summed E-state index contributed by atoms with van der Waals surface area (Å²) in [5.41, 5.74) is 0. The molecule has 2 aromatic rings. The minimum absolute atomic E-state index is 0.522. The van der Waals surface area contributed by atoms with Gasteiger partial charge in [0.05, 0.1) is 6.54 Å². The highest BCUT2D eigenvalue weighted by molar-refractivity contribution is 5.37. The molecule has 0 spiro atoms. The molecule has 0 radical (unpaired) electrons. The fourth-order valence-corrected chi connectivity index (χ4v) is 2.64. The van der Waals surface area contributed by atoms with Crippen molar-refractivity contribution in [1.82, 2.24) is 25.1 Å². The monoisotopic (exact) mass is 272 g/mol. The third-order valence-electron chi connectivity index (χ3n) is 3.64. The van der Waals surface area contributed by atoms with Crippen LogP contribution in [0.4, 0.5) is 5.82 Å². The molecule has 1 aliphatic heterocycles. The van der Waals surface area contributed by atoms with Crippen LogP contribution in [0.2, 0.25) is 0 Å². The molecule has 0 bridgehead atoms. The van der Waals surface area contributed by atoms with E-state index < -0.39 is 0 Å². The highest BCUT2D eigenvalue weighted by atomic mass is 15.3. The van der Waals surface area contributed by atoms with Crippen molar-refractivity contribution in [2.75, 3.05) is 24.5 Å². The maximum absolute atomic E-state index is 4.33. The van der Waals surface area contributed by atoms with Crippen LogP contribution in [-0.4, -0.2) is 45.4 Å². The quantitative estimate of drug-likeness (QED) is 0.877. The Bertz CT molecular complexity index is 498. The van der Waals surface area contributed by atoms with E-state index in [4.69, 9.17) is 0 Å². The van der Waals surface area contributed by atoms with E-state index in [1.807, 2.05) is 29.2 Å². The first-order valence-electron chi connectivity index (χ1n) is 7.13. The first kappa shape index (κ1) is 13.1. The summed E-state index contributed by atoms with van der Waals surface area (Å²) in [5.74, 6) is 1.03. The first-order valence-corrected chi connectivity index (χ1v) is 7.13. The van der Waals surface area contributed by atoms with Gasteiger partial charge in [0, 0.05) is 44.3 Å². The molecular formula is C14H20N6. The maximum Gasteiger partial charge on any atom is 0.131 e. The Morgan fingerprint density at radius 2 is 2.35 bits per heavy atom. The number of nitrogens with one attached hydrogen (secondary N) is 1.